The highest BCUT2D eigenvalue weighted by Gasteiger charge is 2.20. The van der Waals surface area contributed by atoms with E-state index in [4.69, 9.17) is 0 Å². The molecule has 2 aromatic heterocycles. The lowest BCUT2D eigenvalue weighted by molar-refractivity contribution is 0.0941. The van der Waals surface area contributed by atoms with Crippen LogP contribution in [-0.4, -0.2) is 34.5 Å². The second-order valence-corrected chi connectivity index (χ2v) is 10.5. The largest absolute Gasteiger partial charge is 0.345 e. The Hall–Kier alpha value is -3.59. The van der Waals surface area contributed by atoms with Crippen molar-refractivity contribution in [3.8, 4) is 11.3 Å². The van der Waals surface area contributed by atoms with Crippen molar-refractivity contribution in [1.82, 2.24) is 20.3 Å². The summed E-state index contributed by atoms with van der Waals surface area (Å²) in [5.41, 5.74) is 3.14. The molecule has 0 fully saturated rings. The van der Waals surface area contributed by atoms with Gasteiger partial charge in [-0.05, 0) is 50.6 Å². The van der Waals surface area contributed by atoms with Crippen molar-refractivity contribution in [2.24, 2.45) is 0 Å². The van der Waals surface area contributed by atoms with Crippen molar-refractivity contribution in [2.45, 2.75) is 37.0 Å². The number of nitrogens with zero attached hydrogens (tertiary/aromatic N) is 2. The van der Waals surface area contributed by atoms with Gasteiger partial charge in [-0.25, -0.2) is 22.8 Å². The van der Waals surface area contributed by atoms with Gasteiger partial charge in [-0.1, -0.05) is 24.3 Å². The van der Waals surface area contributed by atoms with Crippen molar-refractivity contribution in [1.29, 1.82) is 0 Å². The summed E-state index contributed by atoms with van der Waals surface area (Å²) in [6.07, 6.45) is 3.10. The number of carbonyl (C=O) groups is 1. The third kappa shape index (κ3) is 4.49. The van der Waals surface area contributed by atoms with E-state index in [0.717, 1.165) is 5.56 Å². The van der Waals surface area contributed by atoms with Crippen molar-refractivity contribution in [3.05, 3.63) is 77.9 Å². The van der Waals surface area contributed by atoms with Gasteiger partial charge in [-0.3, -0.25) is 4.79 Å². The van der Waals surface area contributed by atoms with Crippen LogP contribution in [-0.2, 0) is 9.84 Å². The van der Waals surface area contributed by atoms with E-state index in [0.29, 0.717) is 28.0 Å². The van der Waals surface area contributed by atoms with Crippen molar-refractivity contribution >= 4 is 26.9 Å². The normalized spacial score (nSPS) is 12.8. The molecule has 0 unspecified atom stereocenters. The average Bonchev–Trinajstić information content (AvgIpc) is 3.23. The molecule has 170 valence electrons. The molecule has 7 nitrogen and oxygen atoms in total. The van der Waals surface area contributed by atoms with Crippen LogP contribution in [0.1, 0.15) is 42.7 Å². The molecule has 33 heavy (non-hydrogen) atoms. The molecule has 0 saturated carbocycles. The fourth-order valence-electron chi connectivity index (χ4n) is 3.40. The van der Waals surface area contributed by atoms with Gasteiger partial charge >= 0.3 is 0 Å². The number of benzene rings is 2. The van der Waals surface area contributed by atoms with Gasteiger partial charge in [0.15, 0.2) is 15.5 Å². The number of H-pyrrole nitrogens is 1. The SMILES string of the molecule is CC(C)S(=O)(=O)c1ccc(-c2cnc3[nH]cc(C(=O)N[C@@H](C)c4ccc(F)cc4)c3n2)cc1. The number of rotatable bonds is 6. The molecule has 0 aliphatic rings. The number of fused-ring (bicyclic) bond motifs is 1. The molecule has 2 N–H and O–H groups in total. The van der Waals surface area contributed by atoms with Crippen LogP contribution < -0.4 is 5.32 Å². The number of nitrogens with one attached hydrogen (secondary N) is 2. The predicted octanol–water partition coefficient (Wildman–Crippen LogP) is 4.44. The Morgan fingerprint density at radius 1 is 1.03 bits per heavy atom. The molecule has 4 aromatic rings. The van der Waals surface area contributed by atoms with Gasteiger partial charge in [-0.15, -0.1) is 0 Å². The van der Waals surface area contributed by atoms with Gasteiger partial charge in [0.05, 0.1) is 33.6 Å². The van der Waals surface area contributed by atoms with E-state index in [1.54, 1.807) is 62.6 Å². The summed E-state index contributed by atoms with van der Waals surface area (Å²) < 4.78 is 37.9. The fraction of sp³-hybridized carbons (Fsp3) is 0.208. The zero-order chi connectivity index (χ0) is 23.8. The Morgan fingerprint density at radius 3 is 2.33 bits per heavy atom. The molecular formula is C24H23FN4O3S. The molecule has 2 aromatic carbocycles. The van der Waals surface area contributed by atoms with Gasteiger partial charge in [0.25, 0.3) is 5.91 Å². The number of sulfone groups is 1. The molecule has 0 aliphatic carbocycles. The topological polar surface area (TPSA) is 105 Å². The van der Waals surface area contributed by atoms with E-state index in [2.05, 4.69) is 20.3 Å². The van der Waals surface area contributed by atoms with Crippen LogP contribution in [0.5, 0.6) is 0 Å². The van der Waals surface area contributed by atoms with Gasteiger partial charge in [0.1, 0.15) is 11.3 Å². The van der Waals surface area contributed by atoms with Crippen LogP contribution >= 0.6 is 0 Å². The quantitative estimate of drug-likeness (QED) is 0.437. The zero-order valence-corrected chi connectivity index (χ0v) is 19.2. The van der Waals surface area contributed by atoms with Gasteiger partial charge < -0.3 is 10.3 Å². The lowest BCUT2D eigenvalue weighted by Crippen LogP contribution is -2.26. The van der Waals surface area contributed by atoms with Crippen LogP contribution in [0.3, 0.4) is 0 Å². The summed E-state index contributed by atoms with van der Waals surface area (Å²) in [6, 6.07) is 12.0. The number of carbonyl (C=O) groups excluding carboxylic acids is 1. The minimum absolute atomic E-state index is 0.242. The monoisotopic (exact) mass is 466 g/mol. The minimum atomic E-state index is -3.37. The Balaban J connectivity index is 1.61. The third-order valence-corrected chi connectivity index (χ3v) is 7.61. The Labute approximate surface area is 191 Å². The smallest absolute Gasteiger partial charge is 0.255 e. The van der Waals surface area contributed by atoms with Gasteiger partial charge in [0.2, 0.25) is 0 Å². The summed E-state index contributed by atoms with van der Waals surface area (Å²) in [7, 11) is -3.37. The maximum atomic E-state index is 13.2. The summed E-state index contributed by atoms with van der Waals surface area (Å²) in [4.78, 5) is 25.0. The van der Waals surface area contributed by atoms with E-state index in [9.17, 15) is 17.6 Å². The van der Waals surface area contributed by atoms with E-state index in [1.807, 2.05) is 6.92 Å². The lowest BCUT2D eigenvalue weighted by Gasteiger charge is -2.14. The van der Waals surface area contributed by atoms with Crippen LogP contribution in [0.4, 0.5) is 4.39 Å². The number of aromatic amines is 1. The summed E-state index contributed by atoms with van der Waals surface area (Å²) in [5.74, 6) is -0.686. The Kier molecular flexibility index (Phi) is 5.99. The number of hydrogen-bond acceptors (Lipinski definition) is 5. The Bertz CT molecular complexity index is 1410. The molecule has 0 aliphatic heterocycles. The fourth-order valence-corrected chi connectivity index (χ4v) is 4.46. The maximum absolute atomic E-state index is 13.2. The van der Waals surface area contributed by atoms with Crippen molar-refractivity contribution < 1.29 is 17.6 Å². The highest BCUT2D eigenvalue weighted by molar-refractivity contribution is 7.92. The number of aromatic nitrogens is 3. The average molecular weight is 467 g/mol. The predicted molar refractivity (Wildman–Crippen MR) is 124 cm³/mol. The zero-order valence-electron chi connectivity index (χ0n) is 18.3. The van der Waals surface area contributed by atoms with E-state index < -0.39 is 15.1 Å². The molecule has 9 heteroatoms. The molecule has 0 saturated heterocycles. The van der Waals surface area contributed by atoms with Crippen LogP contribution in [0.2, 0.25) is 0 Å². The summed E-state index contributed by atoms with van der Waals surface area (Å²) in [6.45, 7) is 5.08. The molecule has 0 spiro atoms. The molecule has 1 atom stereocenters. The summed E-state index contributed by atoms with van der Waals surface area (Å²) in [5, 5.41) is 2.37. The molecule has 1 amide bonds. The Morgan fingerprint density at radius 2 is 1.70 bits per heavy atom. The van der Waals surface area contributed by atoms with E-state index in [1.165, 1.54) is 12.1 Å². The molecule has 0 bridgehead atoms. The number of halogens is 1. The lowest BCUT2D eigenvalue weighted by atomic mass is 10.1. The molecule has 4 rings (SSSR count). The first kappa shape index (κ1) is 22.6. The first-order valence-electron chi connectivity index (χ1n) is 10.4. The van der Waals surface area contributed by atoms with Gasteiger partial charge in [0, 0.05) is 11.8 Å². The molecule has 0 radical (unpaired) electrons. The first-order chi connectivity index (χ1) is 15.7. The highest BCUT2D eigenvalue weighted by Crippen LogP contribution is 2.24. The minimum Gasteiger partial charge on any atom is -0.345 e. The van der Waals surface area contributed by atoms with Crippen molar-refractivity contribution in [2.75, 3.05) is 0 Å². The van der Waals surface area contributed by atoms with E-state index in [-0.39, 0.29) is 22.7 Å². The standard InChI is InChI=1S/C24H23FN4O3S/c1-14(2)33(31,32)19-10-6-17(7-11-19)21-13-27-23-22(29-21)20(12-26-23)24(30)28-15(3)16-4-8-18(25)9-5-16/h4-15H,1-3H3,(H,26,27)(H,28,30)/t15-/m0/s1. The number of hydrogen-bond donors (Lipinski definition) is 2. The van der Waals surface area contributed by atoms with Crippen molar-refractivity contribution in [3.63, 3.8) is 0 Å². The third-order valence-electron chi connectivity index (χ3n) is 5.44. The maximum Gasteiger partial charge on any atom is 0.255 e. The molecule has 2 heterocycles. The van der Waals surface area contributed by atoms with Crippen LogP contribution in [0.15, 0.2) is 65.8 Å². The van der Waals surface area contributed by atoms with Crippen LogP contribution in [0, 0.1) is 5.82 Å². The second-order valence-electron chi connectivity index (χ2n) is 8.02. The van der Waals surface area contributed by atoms with Gasteiger partial charge in [-0.2, -0.15) is 0 Å². The van der Waals surface area contributed by atoms with E-state index >= 15 is 0 Å². The second kappa shape index (κ2) is 8.74. The first-order valence-corrected chi connectivity index (χ1v) is 12.0. The molecular weight excluding hydrogens is 443 g/mol. The highest BCUT2D eigenvalue weighted by atomic mass is 32.2. The van der Waals surface area contributed by atoms with Crippen LogP contribution in [0.25, 0.3) is 22.4 Å². The summed E-state index contributed by atoms with van der Waals surface area (Å²) >= 11 is 0. The number of amides is 1.